The maximum atomic E-state index is 11.2. The van der Waals surface area contributed by atoms with Gasteiger partial charge in [-0.2, -0.15) is 0 Å². The quantitative estimate of drug-likeness (QED) is 0.387. The number of esters is 2. The number of rotatable bonds is 5. The summed E-state index contributed by atoms with van der Waals surface area (Å²) in [4.78, 5) is 22.1. The fourth-order valence-electron chi connectivity index (χ4n) is 1.84. The third kappa shape index (κ3) is 2.82. The van der Waals surface area contributed by atoms with Gasteiger partial charge in [-0.15, -0.1) is 0 Å². The molecule has 0 amide bonds. The van der Waals surface area contributed by atoms with E-state index in [2.05, 4.69) is 11.7 Å². The molecule has 3 heteroatoms. The van der Waals surface area contributed by atoms with Gasteiger partial charge in [-0.1, -0.05) is 33.1 Å². The van der Waals surface area contributed by atoms with E-state index in [-0.39, 0.29) is 30.2 Å². The second-order valence-corrected chi connectivity index (χ2v) is 4.08. The Labute approximate surface area is 84.8 Å². The molecular formula is C11H18O3. The van der Waals surface area contributed by atoms with Gasteiger partial charge in [0.25, 0.3) is 0 Å². The number of ether oxygens (including phenoxy) is 1. The molecule has 2 unspecified atom stereocenters. The van der Waals surface area contributed by atoms with Gasteiger partial charge >= 0.3 is 11.9 Å². The molecule has 1 fully saturated rings. The molecule has 1 saturated heterocycles. The molecule has 14 heavy (non-hydrogen) atoms. The van der Waals surface area contributed by atoms with Crippen molar-refractivity contribution in [1.82, 2.24) is 0 Å². The number of unbranched alkanes of at least 4 members (excludes halogenated alkanes) is 2. The molecule has 0 spiro atoms. The molecule has 80 valence electrons. The van der Waals surface area contributed by atoms with E-state index in [0.29, 0.717) is 0 Å². The van der Waals surface area contributed by atoms with Crippen molar-refractivity contribution in [2.45, 2.75) is 46.0 Å². The van der Waals surface area contributed by atoms with Gasteiger partial charge in [0, 0.05) is 0 Å². The number of hydrogen-bond donors (Lipinski definition) is 0. The number of carbonyl (C=O) groups excluding carboxylic acids is 2. The second kappa shape index (κ2) is 5.13. The molecule has 1 aliphatic rings. The Morgan fingerprint density at radius 1 is 1.43 bits per heavy atom. The molecule has 0 aromatic heterocycles. The summed E-state index contributed by atoms with van der Waals surface area (Å²) in [5, 5.41) is 0. The minimum atomic E-state index is -0.359. The van der Waals surface area contributed by atoms with Crippen LogP contribution in [0.2, 0.25) is 0 Å². The standard InChI is InChI=1S/C11H18O3/c1-3-4-5-6-8(2)9-7-10(12)14-11(9)13/h8-9H,3-7H2,1-2H3. The summed E-state index contributed by atoms with van der Waals surface area (Å²) in [6.07, 6.45) is 4.81. The smallest absolute Gasteiger partial charge is 0.317 e. The summed E-state index contributed by atoms with van der Waals surface area (Å²) in [5.74, 6) is -0.582. The van der Waals surface area contributed by atoms with Crippen LogP contribution in [0, 0.1) is 11.8 Å². The maximum Gasteiger partial charge on any atom is 0.317 e. The number of cyclic esters (lactones) is 2. The predicted octanol–water partition coefficient (Wildman–Crippen LogP) is 2.29. The Bertz CT molecular complexity index is 223. The van der Waals surface area contributed by atoms with Crippen LogP contribution in [0.3, 0.4) is 0 Å². The zero-order valence-electron chi connectivity index (χ0n) is 8.91. The van der Waals surface area contributed by atoms with Crippen molar-refractivity contribution in [3.8, 4) is 0 Å². The Kier molecular flexibility index (Phi) is 4.11. The van der Waals surface area contributed by atoms with Gasteiger partial charge in [0.2, 0.25) is 0 Å². The Morgan fingerprint density at radius 3 is 2.64 bits per heavy atom. The first-order chi connectivity index (χ1) is 6.65. The van der Waals surface area contributed by atoms with Crippen molar-refractivity contribution in [2.75, 3.05) is 0 Å². The van der Waals surface area contributed by atoms with Gasteiger partial charge in [0.05, 0.1) is 12.3 Å². The van der Waals surface area contributed by atoms with E-state index < -0.39 is 0 Å². The van der Waals surface area contributed by atoms with Crippen LogP contribution in [0.5, 0.6) is 0 Å². The summed E-state index contributed by atoms with van der Waals surface area (Å²) < 4.78 is 4.52. The van der Waals surface area contributed by atoms with Gasteiger partial charge < -0.3 is 4.74 Å². The average Bonchev–Trinajstić information content (AvgIpc) is 2.45. The monoisotopic (exact) mass is 198 g/mol. The highest BCUT2D eigenvalue weighted by Gasteiger charge is 2.36. The van der Waals surface area contributed by atoms with Crippen LogP contribution in [0.15, 0.2) is 0 Å². The molecule has 1 heterocycles. The molecule has 3 nitrogen and oxygen atoms in total. The first-order valence-electron chi connectivity index (χ1n) is 5.39. The van der Waals surface area contributed by atoms with Crippen molar-refractivity contribution in [3.05, 3.63) is 0 Å². The van der Waals surface area contributed by atoms with Crippen LogP contribution < -0.4 is 0 Å². The third-order valence-corrected chi connectivity index (χ3v) is 2.85. The van der Waals surface area contributed by atoms with Crippen LogP contribution in [-0.2, 0) is 14.3 Å². The first kappa shape index (κ1) is 11.2. The van der Waals surface area contributed by atoms with E-state index in [1.165, 1.54) is 12.8 Å². The topological polar surface area (TPSA) is 43.4 Å². The van der Waals surface area contributed by atoms with E-state index in [4.69, 9.17) is 0 Å². The highest BCUT2D eigenvalue weighted by Crippen LogP contribution is 2.27. The second-order valence-electron chi connectivity index (χ2n) is 4.08. The molecule has 0 bridgehead atoms. The zero-order chi connectivity index (χ0) is 10.6. The fourth-order valence-corrected chi connectivity index (χ4v) is 1.84. The fraction of sp³-hybridized carbons (Fsp3) is 0.818. The Morgan fingerprint density at radius 2 is 2.14 bits per heavy atom. The molecule has 0 N–H and O–H groups in total. The molecule has 2 atom stereocenters. The van der Waals surface area contributed by atoms with Crippen molar-refractivity contribution < 1.29 is 14.3 Å². The van der Waals surface area contributed by atoms with Gasteiger partial charge in [0.1, 0.15) is 0 Å². The highest BCUT2D eigenvalue weighted by molar-refractivity contribution is 5.94. The zero-order valence-corrected chi connectivity index (χ0v) is 8.91. The van der Waals surface area contributed by atoms with Gasteiger partial charge in [-0.25, -0.2) is 0 Å². The third-order valence-electron chi connectivity index (χ3n) is 2.85. The summed E-state index contributed by atoms with van der Waals surface area (Å²) in [6, 6.07) is 0. The van der Waals surface area contributed by atoms with Gasteiger partial charge in [-0.05, 0) is 12.3 Å². The SMILES string of the molecule is CCCCCC(C)C1CC(=O)OC1=O. The van der Waals surface area contributed by atoms with Crippen LogP contribution in [0.25, 0.3) is 0 Å². The van der Waals surface area contributed by atoms with Crippen molar-refractivity contribution in [3.63, 3.8) is 0 Å². The Hall–Kier alpha value is -0.860. The molecule has 0 aliphatic carbocycles. The number of carbonyl (C=O) groups is 2. The summed E-state index contributed by atoms with van der Waals surface area (Å²) in [6.45, 7) is 4.18. The van der Waals surface area contributed by atoms with Crippen LogP contribution in [0.1, 0.15) is 46.0 Å². The minimum Gasteiger partial charge on any atom is -0.393 e. The molecule has 0 saturated carbocycles. The molecular weight excluding hydrogens is 180 g/mol. The summed E-state index contributed by atoms with van der Waals surface area (Å²) in [5.41, 5.74) is 0. The lowest BCUT2D eigenvalue weighted by atomic mass is 9.88. The van der Waals surface area contributed by atoms with E-state index in [1.807, 2.05) is 6.92 Å². The highest BCUT2D eigenvalue weighted by atomic mass is 16.6. The van der Waals surface area contributed by atoms with E-state index in [9.17, 15) is 9.59 Å². The van der Waals surface area contributed by atoms with Crippen molar-refractivity contribution in [2.24, 2.45) is 11.8 Å². The lowest BCUT2D eigenvalue weighted by Crippen LogP contribution is -2.16. The summed E-state index contributed by atoms with van der Waals surface area (Å²) in [7, 11) is 0. The normalized spacial score (nSPS) is 23.7. The maximum absolute atomic E-state index is 11.2. The van der Waals surface area contributed by atoms with Crippen LogP contribution >= 0.6 is 0 Å². The van der Waals surface area contributed by atoms with Crippen molar-refractivity contribution in [1.29, 1.82) is 0 Å². The molecule has 1 aliphatic heterocycles. The van der Waals surface area contributed by atoms with Crippen molar-refractivity contribution >= 4 is 11.9 Å². The van der Waals surface area contributed by atoms with Crippen LogP contribution in [0.4, 0.5) is 0 Å². The molecule has 0 radical (unpaired) electrons. The lowest BCUT2D eigenvalue weighted by Gasteiger charge is -2.13. The minimum absolute atomic E-state index is 0.181. The van der Waals surface area contributed by atoms with E-state index >= 15 is 0 Å². The first-order valence-corrected chi connectivity index (χ1v) is 5.39. The van der Waals surface area contributed by atoms with E-state index in [1.54, 1.807) is 0 Å². The molecule has 1 rings (SSSR count). The summed E-state index contributed by atoms with van der Waals surface area (Å²) >= 11 is 0. The molecule has 0 aromatic rings. The predicted molar refractivity (Wildman–Crippen MR) is 52.5 cm³/mol. The number of hydrogen-bond acceptors (Lipinski definition) is 3. The lowest BCUT2D eigenvalue weighted by molar-refractivity contribution is -0.153. The molecule has 0 aromatic carbocycles. The van der Waals surface area contributed by atoms with E-state index in [0.717, 1.165) is 12.8 Å². The average molecular weight is 198 g/mol. The Balaban J connectivity index is 2.33. The van der Waals surface area contributed by atoms with Crippen LogP contribution in [-0.4, -0.2) is 11.9 Å². The largest absolute Gasteiger partial charge is 0.393 e. The van der Waals surface area contributed by atoms with Gasteiger partial charge in [0.15, 0.2) is 0 Å². The van der Waals surface area contributed by atoms with Gasteiger partial charge in [-0.3, -0.25) is 9.59 Å².